The number of aliphatic carboxylic acids is 1. The molecule has 178 valence electrons. The number of ketones is 1. The number of benzene rings is 2. The summed E-state index contributed by atoms with van der Waals surface area (Å²) in [5, 5.41) is 12.2. The maximum absolute atomic E-state index is 13.8. The van der Waals surface area contributed by atoms with Crippen molar-refractivity contribution in [3.63, 3.8) is 0 Å². The highest BCUT2D eigenvalue weighted by Gasteiger charge is 2.24. The number of halogens is 1. The van der Waals surface area contributed by atoms with E-state index >= 15 is 0 Å². The second-order valence-corrected chi connectivity index (χ2v) is 10.1. The van der Waals surface area contributed by atoms with Gasteiger partial charge in [0.1, 0.15) is 5.82 Å². The molecule has 2 N–H and O–H groups in total. The molecule has 1 amide bonds. The van der Waals surface area contributed by atoms with Crippen LogP contribution in [0.4, 0.5) is 4.39 Å². The lowest BCUT2D eigenvalue weighted by atomic mass is 9.77. The van der Waals surface area contributed by atoms with E-state index in [1.807, 2.05) is 24.3 Å². The highest BCUT2D eigenvalue weighted by Crippen LogP contribution is 2.37. The van der Waals surface area contributed by atoms with Crippen molar-refractivity contribution in [1.82, 2.24) is 5.32 Å². The van der Waals surface area contributed by atoms with Crippen molar-refractivity contribution in [2.75, 3.05) is 6.54 Å². The van der Waals surface area contributed by atoms with Gasteiger partial charge < -0.3 is 10.4 Å². The fraction of sp³-hybridized carbons (Fsp3) is 0.370. The van der Waals surface area contributed by atoms with Gasteiger partial charge in [-0.15, -0.1) is 11.3 Å². The van der Waals surface area contributed by atoms with Gasteiger partial charge in [-0.25, -0.2) is 4.39 Å². The van der Waals surface area contributed by atoms with Gasteiger partial charge in [0.2, 0.25) is 0 Å². The standard InChI is InChI=1S/C27H28FNO4S/c28-22-3-1-5-24-21(22)16-25(34-24)27(33)29-14-2-4-23(30)20-12-10-19(11-13-20)18-8-6-17(7-9-18)15-26(31)32/h1,3,5,10-13,16-18H,2,4,6-9,14-15H2,(H,29,33)(H,31,32). The van der Waals surface area contributed by atoms with E-state index in [2.05, 4.69) is 5.32 Å². The Bertz CT molecular complexity index is 1180. The minimum Gasteiger partial charge on any atom is -0.481 e. The van der Waals surface area contributed by atoms with Gasteiger partial charge in [0.15, 0.2) is 5.78 Å². The van der Waals surface area contributed by atoms with Crippen molar-refractivity contribution in [3.8, 4) is 0 Å². The molecule has 0 unspecified atom stereocenters. The van der Waals surface area contributed by atoms with E-state index in [1.54, 1.807) is 18.2 Å². The molecule has 1 saturated carbocycles. The van der Waals surface area contributed by atoms with E-state index < -0.39 is 5.97 Å². The van der Waals surface area contributed by atoms with Crippen molar-refractivity contribution in [1.29, 1.82) is 0 Å². The molecule has 1 heterocycles. The summed E-state index contributed by atoms with van der Waals surface area (Å²) >= 11 is 1.25. The molecule has 5 nitrogen and oxygen atoms in total. The number of fused-ring (bicyclic) bond motifs is 1. The number of hydrogen-bond donors (Lipinski definition) is 2. The molecule has 1 aliphatic rings. The first-order valence-electron chi connectivity index (χ1n) is 11.7. The summed E-state index contributed by atoms with van der Waals surface area (Å²) < 4.78 is 14.6. The first kappa shape index (κ1) is 24.1. The highest BCUT2D eigenvalue weighted by atomic mass is 32.1. The highest BCUT2D eigenvalue weighted by molar-refractivity contribution is 7.20. The molecule has 0 radical (unpaired) electrons. The maximum Gasteiger partial charge on any atom is 0.303 e. The quantitative estimate of drug-likeness (QED) is 0.282. The lowest BCUT2D eigenvalue weighted by Crippen LogP contribution is -2.24. The SMILES string of the molecule is O=C(O)CC1CCC(c2ccc(C(=O)CCCNC(=O)c3cc4c(F)cccc4s3)cc2)CC1. The second-order valence-electron chi connectivity index (χ2n) is 8.98. The van der Waals surface area contributed by atoms with Crippen molar-refractivity contribution in [2.24, 2.45) is 5.92 Å². The summed E-state index contributed by atoms with van der Waals surface area (Å²) in [5.74, 6) is -0.580. The minimum atomic E-state index is -0.721. The zero-order valence-electron chi connectivity index (χ0n) is 18.9. The van der Waals surface area contributed by atoms with Gasteiger partial charge in [0.25, 0.3) is 5.91 Å². The fourth-order valence-corrected chi connectivity index (χ4v) is 5.70. The van der Waals surface area contributed by atoms with Gasteiger partial charge in [-0.3, -0.25) is 14.4 Å². The Morgan fingerprint density at radius 3 is 2.44 bits per heavy atom. The van der Waals surface area contributed by atoms with E-state index in [0.717, 1.165) is 30.4 Å². The first-order valence-corrected chi connectivity index (χ1v) is 12.5. The third-order valence-corrected chi connectivity index (χ3v) is 7.71. The molecule has 1 fully saturated rings. The number of carbonyl (C=O) groups excluding carboxylic acids is 2. The van der Waals surface area contributed by atoms with Crippen molar-refractivity contribution in [3.05, 3.63) is 70.4 Å². The number of Topliss-reactive ketones (excluding diaryl/α,β-unsaturated/α-hetero) is 1. The van der Waals surface area contributed by atoms with Crippen LogP contribution >= 0.6 is 11.3 Å². The molecule has 1 aromatic heterocycles. The van der Waals surface area contributed by atoms with Gasteiger partial charge in [0, 0.05) is 35.0 Å². The minimum absolute atomic E-state index is 0.0369. The van der Waals surface area contributed by atoms with E-state index in [-0.39, 0.29) is 29.8 Å². The molecule has 0 atom stereocenters. The number of carboxylic acids is 1. The Kier molecular flexibility index (Phi) is 7.73. The molecule has 0 saturated heterocycles. The van der Waals surface area contributed by atoms with Gasteiger partial charge in [-0.2, -0.15) is 0 Å². The lowest BCUT2D eigenvalue weighted by Gasteiger charge is -2.28. The number of carboxylic acid groups (broad SMARTS) is 1. The predicted molar refractivity (Wildman–Crippen MR) is 131 cm³/mol. The average Bonchev–Trinajstić information content (AvgIpc) is 3.28. The number of rotatable bonds is 9. The van der Waals surface area contributed by atoms with E-state index in [1.165, 1.54) is 23.0 Å². The van der Waals surface area contributed by atoms with Gasteiger partial charge in [0.05, 0.1) is 4.88 Å². The molecule has 34 heavy (non-hydrogen) atoms. The van der Waals surface area contributed by atoms with E-state index in [4.69, 9.17) is 5.11 Å². The van der Waals surface area contributed by atoms with Crippen molar-refractivity contribution in [2.45, 2.75) is 50.9 Å². The monoisotopic (exact) mass is 481 g/mol. The Morgan fingerprint density at radius 2 is 1.76 bits per heavy atom. The van der Waals surface area contributed by atoms with Crippen molar-refractivity contribution < 1.29 is 23.9 Å². The van der Waals surface area contributed by atoms with Crippen LogP contribution in [-0.4, -0.2) is 29.3 Å². The Balaban J connectivity index is 1.21. The van der Waals surface area contributed by atoms with Crippen LogP contribution in [0.2, 0.25) is 0 Å². The molecule has 2 aromatic carbocycles. The summed E-state index contributed by atoms with van der Waals surface area (Å²) in [6.45, 7) is 0.374. The summed E-state index contributed by atoms with van der Waals surface area (Å²) in [5.41, 5.74) is 1.87. The molecule has 0 aliphatic heterocycles. The Morgan fingerprint density at radius 1 is 1.03 bits per heavy atom. The number of thiophene rings is 1. The molecule has 7 heteroatoms. The van der Waals surface area contributed by atoms with Crippen LogP contribution in [0.1, 0.15) is 76.5 Å². The number of hydrogen-bond acceptors (Lipinski definition) is 4. The third kappa shape index (κ3) is 5.89. The largest absolute Gasteiger partial charge is 0.481 e. The zero-order chi connectivity index (χ0) is 24.1. The molecule has 0 spiro atoms. The van der Waals surface area contributed by atoms with Gasteiger partial charge in [-0.1, -0.05) is 30.3 Å². The lowest BCUT2D eigenvalue weighted by molar-refractivity contribution is -0.138. The topological polar surface area (TPSA) is 83.5 Å². The van der Waals surface area contributed by atoms with Gasteiger partial charge in [-0.05, 0) is 67.7 Å². The van der Waals surface area contributed by atoms with Crippen molar-refractivity contribution >= 4 is 39.1 Å². The van der Waals surface area contributed by atoms with E-state index in [0.29, 0.717) is 41.1 Å². The third-order valence-electron chi connectivity index (χ3n) is 6.61. The summed E-state index contributed by atoms with van der Waals surface area (Å²) in [6.07, 6.45) is 4.94. The molecule has 4 rings (SSSR count). The fourth-order valence-electron chi connectivity index (χ4n) is 4.71. The van der Waals surface area contributed by atoms with Gasteiger partial charge >= 0.3 is 5.97 Å². The Labute approximate surface area is 202 Å². The summed E-state index contributed by atoms with van der Waals surface area (Å²) in [6, 6.07) is 14.1. The first-order chi connectivity index (χ1) is 16.4. The smallest absolute Gasteiger partial charge is 0.303 e. The van der Waals surface area contributed by atoms with Crippen LogP contribution in [0, 0.1) is 11.7 Å². The van der Waals surface area contributed by atoms with Crippen LogP contribution in [0.25, 0.3) is 10.1 Å². The molecular weight excluding hydrogens is 453 g/mol. The van der Waals surface area contributed by atoms with E-state index in [9.17, 15) is 18.8 Å². The van der Waals surface area contributed by atoms with Crippen LogP contribution in [0.15, 0.2) is 48.5 Å². The molecule has 1 aliphatic carbocycles. The maximum atomic E-state index is 13.8. The number of nitrogens with one attached hydrogen (secondary N) is 1. The number of carbonyl (C=O) groups is 3. The van der Waals surface area contributed by atoms with Crippen LogP contribution < -0.4 is 5.32 Å². The number of amides is 1. The summed E-state index contributed by atoms with van der Waals surface area (Å²) in [4.78, 5) is 36.3. The second kappa shape index (κ2) is 10.9. The normalized spacial score (nSPS) is 18.0. The average molecular weight is 482 g/mol. The van der Waals surface area contributed by atoms with Crippen LogP contribution in [-0.2, 0) is 4.79 Å². The molecule has 3 aromatic rings. The van der Waals surface area contributed by atoms with Crippen LogP contribution in [0.5, 0.6) is 0 Å². The summed E-state index contributed by atoms with van der Waals surface area (Å²) in [7, 11) is 0. The molecular formula is C27H28FNO4S. The Hall–Kier alpha value is -3.06. The predicted octanol–water partition coefficient (Wildman–Crippen LogP) is 6.18. The zero-order valence-corrected chi connectivity index (χ0v) is 19.7. The molecule has 0 bridgehead atoms. The van der Waals surface area contributed by atoms with Crippen LogP contribution in [0.3, 0.4) is 0 Å².